The number of aryl methyl sites for hydroxylation is 2. The van der Waals surface area contributed by atoms with Crippen molar-refractivity contribution in [3.8, 4) is 28.4 Å². The standard InChI is InChI=1S/C26H23ClN6O2/c1-3-18-7-6-9-21(22-8-4-5-10-24(22)33-26(34)31(2)29-30-33)23(18)17-35-25-15-16-32(28-25)20-13-11-19(27)12-14-20/h4-16H,3,17H2,1-2H3. The van der Waals surface area contributed by atoms with E-state index in [4.69, 9.17) is 16.3 Å². The van der Waals surface area contributed by atoms with Crippen molar-refractivity contribution >= 4 is 11.6 Å². The number of hydrogen-bond acceptors (Lipinski definition) is 5. The smallest absolute Gasteiger partial charge is 0.368 e. The number of hydrogen-bond donors (Lipinski definition) is 0. The third kappa shape index (κ3) is 4.48. The van der Waals surface area contributed by atoms with Crippen LogP contribution in [0.4, 0.5) is 0 Å². The summed E-state index contributed by atoms with van der Waals surface area (Å²) in [6.45, 7) is 2.43. The average molecular weight is 487 g/mol. The summed E-state index contributed by atoms with van der Waals surface area (Å²) in [4.78, 5) is 12.6. The number of benzene rings is 3. The quantitative estimate of drug-likeness (QED) is 0.335. The Balaban J connectivity index is 1.49. The number of aromatic nitrogens is 6. The first kappa shape index (κ1) is 22.6. The molecule has 0 spiro atoms. The van der Waals surface area contributed by atoms with E-state index in [1.54, 1.807) is 11.7 Å². The van der Waals surface area contributed by atoms with Gasteiger partial charge in [0.2, 0.25) is 5.88 Å². The van der Waals surface area contributed by atoms with Crippen molar-refractivity contribution in [1.82, 2.24) is 29.6 Å². The second-order valence-corrected chi connectivity index (χ2v) is 8.41. The lowest BCUT2D eigenvalue weighted by Gasteiger charge is -2.16. The summed E-state index contributed by atoms with van der Waals surface area (Å²) in [6, 6.07) is 23.1. The second kappa shape index (κ2) is 9.60. The van der Waals surface area contributed by atoms with E-state index in [9.17, 15) is 4.79 Å². The van der Waals surface area contributed by atoms with E-state index >= 15 is 0 Å². The monoisotopic (exact) mass is 486 g/mol. The molecule has 3 aromatic carbocycles. The first-order valence-corrected chi connectivity index (χ1v) is 11.6. The van der Waals surface area contributed by atoms with Gasteiger partial charge in [-0.25, -0.2) is 9.48 Å². The summed E-state index contributed by atoms with van der Waals surface area (Å²) in [6.07, 6.45) is 2.68. The molecule has 9 heteroatoms. The van der Waals surface area contributed by atoms with Crippen LogP contribution in [-0.2, 0) is 20.1 Å². The Morgan fingerprint density at radius 2 is 1.69 bits per heavy atom. The minimum atomic E-state index is -0.311. The molecule has 0 fully saturated rings. The van der Waals surface area contributed by atoms with Crippen LogP contribution >= 0.6 is 11.6 Å². The van der Waals surface area contributed by atoms with E-state index in [1.165, 1.54) is 9.36 Å². The van der Waals surface area contributed by atoms with Crippen LogP contribution in [0.5, 0.6) is 5.88 Å². The van der Waals surface area contributed by atoms with Crippen LogP contribution in [0.25, 0.3) is 22.5 Å². The molecule has 8 nitrogen and oxygen atoms in total. The molecule has 0 unspecified atom stereocenters. The minimum absolute atomic E-state index is 0.311. The molecular weight excluding hydrogens is 464 g/mol. The van der Waals surface area contributed by atoms with Gasteiger partial charge >= 0.3 is 5.69 Å². The minimum Gasteiger partial charge on any atom is -0.472 e. The largest absolute Gasteiger partial charge is 0.472 e. The van der Waals surface area contributed by atoms with Gasteiger partial charge in [-0.15, -0.1) is 5.10 Å². The van der Waals surface area contributed by atoms with E-state index in [-0.39, 0.29) is 5.69 Å². The van der Waals surface area contributed by atoms with Gasteiger partial charge in [-0.05, 0) is 58.3 Å². The van der Waals surface area contributed by atoms with Crippen LogP contribution in [0.3, 0.4) is 0 Å². The Kier molecular flexibility index (Phi) is 6.20. The number of ether oxygens (including phenoxy) is 1. The molecule has 0 saturated carbocycles. The van der Waals surface area contributed by atoms with Crippen molar-refractivity contribution < 1.29 is 4.74 Å². The number of rotatable bonds is 7. The van der Waals surface area contributed by atoms with Crippen molar-refractivity contribution in [3.05, 3.63) is 106 Å². The Hall–Kier alpha value is -4.17. The molecule has 0 amide bonds. The molecule has 0 aliphatic heterocycles. The fourth-order valence-corrected chi connectivity index (χ4v) is 4.13. The highest BCUT2D eigenvalue weighted by atomic mass is 35.5. The molecule has 5 rings (SSSR count). The summed E-state index contributed by atoms with van der Waals surface area (Å²) in [7, 11) is 1.58. The van der Waals surface area contributed by atoms with Gasteiger partial charge < -0.3 is 4.74 Å². The third-order valence-corrected chi connectivity index (χ3v) is 6.07. The maximum atomic E-state index is 12.6. The Morgan fingerprint density at radius 1 is 0.914 bits per heavy atom. The Bertz CT molecular complexity index is 1530. The van der Waals surface area contributed by atoms with Crippen molar-refractivity contribution in [2.75, 3.05) is 0 Å². The van der Waals surface area contributed by atoms with E-state index < -0.39 is 0 Å². The number of nitrogens with zero attached hydrogens (tertiary/aromatic N) is 6. The highest BCUT2D eigenvalue weighted by Gasteiger charge is 2.17. The maximum Gasteiger partial charge on any atom is 0.368 e. The SMILES string of the molecule is CCc1cccc(-c2ccccc2-n2nnn(C)c2=O)c1COc1ccn(-c2ccc(Cl)cc2)n1. The highest BCUT2D eigenvalue weighted by molar-refractivity contribution is 6.30. The van der Waals surface area contributed by atoms with Gasteiger partial charge in [0.25, 0.3) is 0 Å². The zero-order valence-corrected chi connectivity index (χ0v) is 20.1. The molecule has 0 radical (unpaired) electrons. The number of halogens is 1. The molecule has 35 heavy (non-hydrogen) atoms. The van der Waals surface area contributed by atoms with Crippen LogP contribution in [0.1, 0.15) is 18.1 Å². The number of tetrazole rings is 1. The van der Waals surface area contributed by atoms with Crippen molar-refractivity contribution in [2.24, 2.45) is 7.05 Å². The summed E-state index contributed by atoms with van der Waals surface area (Å²) >= 11 is 5.99. The fourth-order valence-electron chi connectivity index (χ4n) is 4.01. The van der Waals surface area contributed by atoms with Gasteiger partial charge in [0, 0.05) is 35.5 Å². The maximum absolute atomic E-state index is 12.6. The second-order valence-electron chi connectivity index (χ2n) is 7.97. The molecule has 0 bridgehead atoms. The molecule has 0 aliphatic carbocycles. The van der Waals surface area contributed by atoms with E-state index in [1.807, 2.05) is 72.9 Å². The predicted molar refractivity (Wildman–Crippen MR) is 134 cm³/mol. The average Bonchev–Trinajstić information content (AvgIpc) is 3.49. The summed E-state index contributed by atoms with van der Waals surface area (Å²) in [5, 5.41) is 13.1. The first-order chi connectivity index (χ1) is 17.0. The Morgan fingerprint density at radius 3 is 2.43 bits per heavy atom. The Labute approximate surface area is 206 Å². The molecule has 5 aromatic rings. The van der Waals surface area contributed by atoms with E-state index in [0.29, 0.717) is 23.2 Å². The van der Waals surface area contributed by atoms with Crippen molar-refractivity contribution in [3.63, 3.8) is 0 Å². The molecule has 0 aliphatic rings. The number of para-hydroxylation sites is 1. The van der Waals surface area contributed by atoms with Gasteiger partial charge in [-0.2, -0.15) is 9.36 Å². The molecule has 0 N–H and O–H groups in total. The zero-order chi connectivity index (χ0) is 24.4. The van der Waals surface area contributed by atoms with Gasteiger partial charge in [0.1, 0.15) is 6.61 Å². The molecule has 0 atom stereocenters. The van der Waals surface area contributed by atoms with Gasteiger partial charge in [0.15, 0.2) is 0 Å². The lowest BCUT2D eigenvalue weighted by Crippen LogP contribution is -2.22. The molecule has 0 saturated heterocycles. The molecular formula is C26H23ClN6O2. The molecule has 2 aromatic heterocycles. The summed E-state index contributed by atoms with van der Waals surface area (Å²) < 4.78 is 10.4. The third-order valence-electron chi connectivity index (χ3n) is 5.82. The van der Waals surface area contributed by atoms with Crippen molar-refractivity contribution in [2.45, 2.75) is 20.0 Å². The van der Waals surface area contributed by atoms with Gasteiger partial charge in [-0.3, -0.25) is 0 Å². The van der Waals surface area contributed by atoms with Crippen LogP contribution < -0.4 is 10.4 Å². The van der Waals surface area contributed by atoms with Crippen LogP contribution in [0.15, 0.2) is 83.8 Å². The fraction of sp³-hybridized carbons (Fsp3) is 0.154. The predicted octanol–water partition coefficient (Wildman–Crippen LogP) is 4.61. The van der Waals surface area contributed by atoms with Crippen molar-refractivity contribution in [1.29, 1.82) is 0 Å². The topological polar surface area (TPSA) is 79.8 Å². The van der Waals surface area contributed by atoms with Crippen LogP contribution in [0, 0.1) is 0 Å². The van der Waals surface area contributed by atoms with E-state index in [2.05, 4.69) is 28.5 Å². The van der Waals surface area contributed by atoms with Gasteiger partial charge in [0.05, 0.1) is 11.4 Å². The summed E-state index contributed by atoms with van der Waals surface area (Å²) in [5.74, 6) is 0.509. The lowest BCUT2D eigenvalue weighted by molar-refractivity contribution is 0.291. The lowest BCUT2D eigenvalue weighted by atomic mass is 9.93. The zero-order valence-electron chi connectivity index (χ0n) is 19.3. The summed E-state index contributed by atoms with van der Waals surface area (Å²) in [5.41, 5.74) is 5.26. The molecule has 176 valence electrons. The van der Waals surface area contributed by atoms with Crippen LogP contribution in [0.2, 0.25) is 5.02 Å². The van der Waals surface area contributed by atoms with Gasteiger partial charge in [-0.1, -0.05) is 54.9 Å². The van der Waals surface area contributed by atoms with E-state index in [0.717, 1.165) is 34.4 Å². The first-order valence-electron chi connectivity index (χ1n) is 11.2. The molecule has 2 heterocycles. The highest BCUT2D eigenvalue weighted by Crippen LogP contribution is 2.32. The van der Waals surface area contributed by atoms with Crippen LogP contribution in [-0.4, -0.2) is 29.6 Å². The normalized spacial score (nSPS) is 11.1.